The average molecular weight is 452 g/mol. The molecule has 1 N–H and O–H groups in total. The first-order valence-electron chi connectivity index (χ1n) is 11.5. The highest BCUT2D eigenvalue weighted by Crippen LogP contribution is 2.28. The Morgan fingerprint density at radius 3 is 2.67 bits per heavy atom. The highest BCUT2D eigenvalue weighted by molar-refractivity contribution is 5.79. The van der Waals surface area contributed by atoms with Crippen LogP contribution in [-0.4, -0.2) is 53.3 Å². The second kappa shape index (κ2) is 10.1. The molecular weight excluding hydrogens is 421 g/mol. The summed E-state index contributed by atoms with van der Waals surface area (Å²) in [7, 11) is 0. The van der Waals surface area contributed by atoms with Crippen LogP contribution in [0, 0.1) is 5.82 Å². The Balaban J connectivity index is 1.44. The molecule has 0 radical (unpaired) electrons. The number of amides is 1. The molecule has 2 heterocycles. The molecular formula is C25H30FN5O2. The van der Waals surface area contributed by atoms with Crippen LogP contribution in [0.5, 0.6) is 0 Å². The Kier molecular flexibility index (Phi) is 7.03. The molecule has 3 aromatic rings. The van der Waals surface area contributed by atoms with Crippen LogP contribution >= 0.6 is 0 Å². The molecule has 0 saturated carbocycles. The minimum absolute atomic E-state index is 0.140. The molecule has 0 spiro atoms. The molecule has 0 aliphatic carbocycles. The first-order valence-corrected chi connectivity index (χ1v) is 11.5. The summed E-state index contributed by atoms with van der Waals surface area (Å²) in [4.78, 5) is 29.4. The highest BCUT2D eigenvalue weighted by atomic mass is 19.1. The molecule has 1 aliphatic heterocycles. The zero-order valence-corrected chi connectivity index (χ0v) is 19.1. The second-order valence-electron chi connectivity index (χ2n) is 8.41. The number of carbonyl (C=O) groups excluding carboxylic acids is 1. The van der Waals surface area contributed by atoms with E-state index in [1.807, 2.05) is 25.1 Å². The predicted octanol–water partition coefficient (Wildman–Crippen LogP) is 2.95. The van der Waals surface area contributed by atoms with Gasteiger partial charge in [-0.25, -0.2) is 4.39 Å². The standard InChI is InChI=1S/C25H30FN5O2/c1-3-29-12-14-30(15-13-29)22-9-8-19(26)16-21(22)18(2)28-25(33)10-11-31-23-7-5-4-6-20(23)24(32)17-27-31/h4-9,16-18H,3,10-15H2,1-2H3,(H,28,33). The number of aryl methyl sites for hydroxylation is 1. The Morgan fingerprint density at radius 2 is 1.91 bits per heavy atom. The fraction of sp³-hybridized carbons (Fsp3) is 0.400. The quantitative estimate of drug-likeness (QED) is 0.598. The van der Waals surface area contributed by atoms with Gasteiger partial charge in [0.05, 0.1) is 24.3 Å². The lowest BCUT2D eigenvalue weighted by atomic mass is 10.0. The van der Waals surface area contributed by atoms with Crippen LogP contribution in [0.1, 0.15) is 31.9 Å². The van der Waals surface area contributed by atoms with Gasteiger partial charge >= 0.3 is 0 Å². The van der Waals surface area contributed by atoms with Gasteiger partial charge in [-0.3, -0.25) is 14.3 Å². The smallest absolute Gasteiger partial charge is 0.222 e. The van der Waals surface area contributed by atoms with Crippen molar-refractivity contribution in [1.82, 2.24) is 20.0 Å². The number of aromatic nitrogens is 2. The maximum absolute atomic E-state index is 14.1. The Labute approximate surface area is 192 Å². The van der Waals surface area contributed by atoms with Crippen LogP contribution in [-0.2, 0) is 11.3 Å². The summed E-state index contributed by atoms with van der Waals surface area (Å²) in [6, 6.07) is 11.7. The molecule has 7 nitrogen and oxygen atoms in total. The van der Waals surface area contributed by atoms with Crippen molar-refractivity contribution in [2.24, 2.45) is 0 Å². The van der Waals surface area contributed by atoms with Crippen LogP contribution in [0.4, 0.5) is 10.1 Å². The third kappa shape index (κ3) is 5.22. The van der Waals surface area contributed by atoms with Crippen molar-refractivity contribution in [3.63, 3.8) is 0 Å². The van der Waals surface area contributed by atoms with Gasteiger partial charge in [-0.15, -0.1) is 0 Å². The number of hydrogen-bond acceptors (Lipinski definition) is 5. The molecule has 1 unspecified atom stereocenters. The van der Waals surface area contributed by atoms with Crippen molar-refractivity contribution in [3.8, 4) is 0 Å². The molecule has 2 aromatic carbocycles. The number of benzene rings is 2. The third-order valence-electron chi connectivity index (χ3n) is 6.31. The molecule has 1 fully saturated rings. The number of halogens is 1. The largest absolute Gasteiger partial charge is 0.369 e. The molecule has 33 heavy (non-hydrogen) atoms. The minimum atomic E-state index is -0.342. The van der Waals surface area contributed by atoms with Gasteiger partial charge in [0.25, 0.3) is 0 Å². The molecule has 1 saturated heterocycles. The van der Waals surface area contributed by atoms with Gasteiger partial charge in [-0.05, 0) is 43.8 Å². The van der Waals surface area contributed by atoms with E-state index in [-0.39, 0.29) is 29.6 Å². The number of carbonyl (C=O) groups is 1. The van der Waals surface area contributed by atoms with Gasteiger partial charge < -0.3 is 15.1 Å². The van der Waals surface area contributed by atoms with Gasteiger partial charge in [-0.2, -0.15) is 5.10 Å². The Bertz CT molecular complexity index is 1190. The van der Waals surface area contributed by atoms with Crippen molar-refractivity contribution in [2.45, 2.75) is 32.9 Å². The van der Waals surface area contributed by atoms with Gasteiger partial charge in [0.15, 0.2) is 0 Å². The average Bonchev–Trinajstić information content (AvgIpc) is 2.84. The van der Waals surface area contributed by atoms with E-state index in [0.717, 1.165) is 44.0 Å². The Hall–Kier alpha value is -3.26. The molecule has 1 atom stereocenters. The summed E-state index contributed by atoms with van der Waals surface area (Å²) in [5.41, 5.74) is 2.30. The van der Waals surface area contributed by atoms with Crippen molar-refractivity contribution >= 4 is 22.5 Å². The molecule has 4 rings (SSSR count). The summed E-state index contributed by atoms with van der Waals surface area (Å²) < 4.78 is 15.8. The number of nitrogens with zero attached hydrogens (tertiary/aromatic N) is 4. The molecule has 1 aromatic heterocycles. The molecule has 8 heteroatoms. The predicted molar refractivity (Wildman–Crippen MR) is 128 cm³/mol. The van der Waals surface area contributed by atoms with Crippen LogP contribution in [0.15, 0.2) is 53.5 Å². The number of para-hydroxylation sites is 1. The lowest BCUT2D eigenvalue weighted by molar-refractivity contribution is -0.122. The number of hydrogen-bond donors (Lipinski definition) is 1. The summed E-state index contributed by atoms with van der Waals surface area (Å²) in [5.74, 6) is -0.468. The fourth-order valence-corrected chi connectivity index (χ4v) is 4.40. The summed E-state index contributed by atoms with van der Waals surface area (Å²) in [6.07, 6.45) is 1.48. The summed E-state index contributed by atoms with van der Waals surface area (Å²) in [5, 5.41) is 7.76. The van der Waals surface area contributed by atoms with E-state index < -0.39 is 0 Å². The summed E-state index contributed by atoms with van der Waals surface area (Å²) in [6.45, 7) is 9.08. The van der Waals surface area contributed by atoms with E-state index in [0.29, 0.717) is 17.4 Å². The van der Waals surface area contributed by atoms with Crippen molar-refractivity contribution in [2.75, 3.05) is 37.6 Å². The van der Waals surface area contributed by atoms with E-state index in [9.17, 15) is 14.0 Å². The van der Waals surface area contributed by atoms with Crippen LogP contribution in [0.25, 0.3) is 10.9 Å². The first kappa shape index (κ1) is 22.9. The van der Waals surface area contributed by atoms with Crippen LogP contribution in [0.3, 0.4) is 0 Å². The van der Waals surface area contributed by atoms with E-state index in [1.54, 1.807) is 16.8 Å². The molecule has 1 amide bonds. The zero-order chi connectivity index (χ0) is 23.4. The molecule has 1 aliphatic rings. The van der Waals surface area contributed by atoms with Gasteiger partial charge in [0, 0.05) is 49.2 Å². The summed E-state index contributed by atoms with van der Waals surface area (Å²) >= 11 is 0. The maximum Gasteiger partial charge on any atom is 0.222 e. The Morgan fingerprint density at radius 1 is 1.15 bits per heavy atom. The SMILES string of the molecule is CCN1CCN(c2ccc(F)cc2C(C)NC(=O)CCn2ncc(=O)c3ccccc32)CC1. The fourth-order valence-electron chi connectivity index (χ4n) is 4.40. The van der Waals surface area contributed by atoms with Gasteiger partial charge in [0.1, 0.15) is 5.82 Å². The normalized spacial score (nSPS) is 15.5. The third-order valence-corrected chi connectivity index (χ3v) is 6.31. The number of likely N-dealkylation sites (N-methyl/N-ethyl adjacent to an activating group) is 1. The van der Waals surface area contributed by atoms with E-state index in [1.165, 1.54) is 18.3 Å². The lowest BCUT2D eigenvalue weighted by Gasteiger charge is -2.37. The van der Waals surface area contributed by atoms with Gasteiger partial charge in [0.2, 0.25) is 11.3 Å². The first-order chi connectivity index (χ1) is 16.0. The zero-order valence-electron chi connectivity index (χ0n) is 19.1. The van der Waals surface area contributed by atoms with Crippen molar-refractivity contribution in [3.05, 3.63) is 70.3 Å². The minimum Gasteiger partial charge on any atom is -0.369 e. The topological polar surface area (TPSA) is 70.5 Å². The maximum atomic E-state index is 14.1. The number of fused-ring (bicyclic) bond motifs is 1. The van der Waals surface area contributed by atoms with Crippen molar-refractivity contribution in [1.29, 1.82) is 0 Å². The number of rotatable bonds is 7. The number of nitrogens with one attached hydrogen (secondary N) is 1. The molecule has 0 bridgehead atoms. The van der Waals surface area contributed by atoms with Crippen LogP contribution < -0.4 is 15.6 Å². The highest BCUT2D eigenvalue weighted by Gasteiger charge is 2.22. The molecule has 174 valence electrons. The monoisotopic (exact) mass is 451 g/mol. The van der Waals surface area contributed by atoms with Crippen LogP contribution in [0.2, 0.25) is 0 Å². The number of piperazine rings is 1. The van der Waals surface area contributed by atoms with Gasteiger partial charge in [-0.1, -0.05) is 19.1 Å². The van der Waals surface area contributed by atoms with E-state index in [4.69, 9.17) is 0 Å². The van der Waals surface area contributed by atoms with E-state index >= 15 is 0 Å². The second-order valence-corrected chi connectivity index (χ2v) is 8.41. The lowest BCUT2D eigenvalue weighted by Crippen LogP contribution is -2.46. The van der Waals surface area contributed by atoms with E-state index in [2.05, 4.69) is 27.1 Å². The van der Waals surface area contributed by atoms with Crippen molar-refractivity contribution < 1.29 is 9.18 Å². The number of anilines is 1.